The first-order valence-corrected chi connectivity index (χ1v) is 7.96. The maximum atomic E-state index is 11.3. The number of nitrogens with zero attached hydrogens (tertiary/aromatic N) is 1. The number of hydrogen-bond donors (Lipinski definition) is 2. The van der Waals surface area contributed by atoms with Crippen molar-refractivity contribution in [2.75, 3.05) is 11.1 Å². The molecule has 0 aromatic heterocycles. The fourth-order valence-corrected chi connectivity index (χ4v) is 3.83. The number of thioether (sulfide) groups is 1. The maximum Gasteiger partial charge on any atom is 0.338 e. The number of carboxylic acid groups (broad SMARTS) is 1. The summed E-state index contributed by atoms with van der Waals surface area (Å²) < 4.78 is 0. The molecule has 0 amide bonds. The molecule has 1 aromatic rings. The second-order valence-electron chi connectivity index (χ2n) is 4.99. The molecule has 114 valence electrons. The van der Waals surface area contributed by atoms with Crippen LogP contribution in [0.3, 0.4) is 0 Å². The van der Waals surface area contributed by atoms with Gasteiger partial charge in [0.15, 0.2) is 0 Å². The van der Waals surface area contributed by atoms with Gasteiger partial charge in [0.1, 0.15) is 5.69 Å². The fourth-order valence-electron chi connectivity index (χ4n) is 2.68. The molecule has 7 heteroatoms. The molecule has 1 aliphatic carbocycles. The van der Waals surface area contributed by atoms with Gasteiger partial charge in [0.25, 0.3) is 5.69 Å². The molecule has 1 aromatic carbocycles. The minimum atomic E-state index is -1.15. The molecule has 0 radical (unpaired) electrons. The SMILES string of the molecule is CCSC1CCC(Nc2c(C(=O)O)cccc2[N+](=O)[O-])C1. The van der Waals surface area contributed by atoms with Crippen molar-refractivity contribution in [3.05, 3.63) is 33.9 Å². The second-order valence-corrected chi connectivity index (χ2v) is 6.57. The van der Waals surface area contributed by atoms with Gasteiger partial charge in [-0.3, -0.25) is 10.1 Å². The van der Waals surface area contributed by atoms with E-state index in [2.05, 4.69) is 12.2 Å². The van der Waals surface area contributed by atoms with Crippen LogP contribution < -0.4 is 5.32 Å². The zero-order valence-electron chi connectivity index (χ0n) is 11.7. The number of nitro benzene ring substituents is 1. The summed E-state index contributed by atoms with van der Waals surface area (Å²) in [6.07, 6.45) is 2.87. The topological polar surface area (TPSA) is 92.5 Å². The Balaban J connectivity index is 2.22. The van der Waals surface area contributed by atoms with E-state index in [0.717, 1.165) is 25.0 Å². The highest BCUT2D eigenvalue weighted by molar-refractivity contribution is 7.99. The van der Waals surface area contributed by atoms with E-state index in [1.807, 2.05) is 11.8 Å². The highest BCUT2D eigenvalue weighted by Crippen LogP contribution is 2.35. The lowest BCUT2D eigenvalue weighted by molar-refractivity contribution is -0.384. The summed E-state index contributed by atoms with van der Waals surface area (Å²) in [5.74, 6) is -0.109. The van der Waals surface area contributed by atoms with Gasteiger partial charge in [-0.05, 0) is 31.1 Å². The van der Waals surface area contributed by atoms with E-state index >= 15 is 0 Å². The van der Waals surface area contributed by atoms with Crippen LogP contribution >= 0.6 is 11.8 Å². The molecule has 0 bridgehead atoms. The van der Waals surface area contributed by atoms with Crippen LogP contribution in [0.5, 0.6) is 0 Å². The van der Waals surface area contributed by atoms with Crippen molar-refractivity contribution < 1.29 is 14.8 Å². The van der Waals surface area contributed by atoms with E-state index in [1.54, 1.807) is 0 Å². The van der Waals surface area contributed by atoms with Gasteiger partial charge >= 0.3 is 5.97 Å². The first-order chi connectivity index (χ1) is 10.0. The molecular formula is C14H18N2O4S. The van der Waals surface area contributed by atoms with Gasteiger partial charge in [-0.15, -0.1) is 0 Å². The zero-order chi connectivity index (χ0) is 15.4. The van der Waals surface area contributed by atoms with Gasteiger partial charge in [0.05, 0.1) is 10.5 Å². The maximum absolute atomic E-state index is 11.3. The Morgan fingerprint density at radius 1 is 1.52 bits per heavy atom. The number of anilines is 1. The number of nitro groups is 1. The lowest BCUT2D eigenvalue weighted by Crippen LogP contribution is -2.19. The average Bonchev–Trinajstić information content (AvgIpc) is 2.86. The number of carbonyl (C=O) groups is 1. The Morgan fingerprint density at radius 3 is 2.90 bits per heavy atom. The van der Waals surface area contributed by atoms with Crippen LogP contribution in [0, 0.1) is 10.1 Å². The third-order valence-electron chi connectivity index (χ3n) is 3.60. The summed E-state index contributed by atoms with van der Waals surface area (Å²) in [4.78, 5) is 21.8. The van der Waals surface area contributed by atoms with Crippen LogP contribution in [-0.4, -0.2) is 33.0 Å². The fraction of sp³-hybridized carbons (Fsp3) is 0.500. The Kier molecular flexibility index (Phi) is 5.06. The molecule has 1 saturated carbocycles. The van der Waals surface area contributed by atoms with Crippen molar-refractivity contribution in [1.82, 2.24) is 0 Å². The van der Waals surface area contributed by atoms with Crippen LogP contribution in [0.25, 0.3) is 0 Å². The van der Waals surface area contributed by atoms with E-state index < -0.39 is 10.9 Å². The number of rotatable bonds is 6. The van der Waals surface area contributed by atoms with E-state index in [4.69, 9.17) is 0 Å². The smallest absolute Gasteiger partial charge is 0.338 e. The number of hydrogen-bond acceptors (Lipinski definition) is 5. The largest absolute Gasteiger partial charge is 0.478 e. The van der Waals surface area contributed by atoms with Crippen LogP contribution in [0.2, 0.25) is 0 Å². The monoisotopic (exact) mass is 310 g/mol. The standard InChI is InChI=1S/C14H18N2O4S/c1-2-21-10-7-6-9(8-10)15-13-11(14(17)18)4-3-5-12(13)16(19)20/h3-5,9-10,15H,2,6-8H2,1H3,(H,17,18). The van der Waals surface area contributed by atoms with Crippen molar-refractivity contribution >= 4 is 29.1 Å². The quantitative estimate of drug-likeness (QED) is 0.618. The average molecular weight is 310 g/mol. The number of aromatic carboxylic acids is 1. The molecule has 1 fully saturated rings. The summed E-state index contributed by atoms with van der Waals surface area (Å²) in [5, 5.41) is 24.0. The predicted molar refractivity (Wildman–Crippen MR) is 83.2 cm³/mol. The molecule has 2 unspecified atom stereocenters. The first kappa shape index (κ1) is 15.6. The molecule has 2 rings (SSSR count). The molecule has 0 saturated heterocycles. The Bertz CT molecular complexity index is 518. The van der Waals surface area contributed by atoms with Gasteiger partial charge in [0.2, 0.25) is 0 Å². The van der Waals surface area contributed by atoms with Crippen LogP contribution in [0.15, 0.2) is 18.2 Å². The number of benzene rings is 1. The lowest BCUT2D eigenvalue weighted by atomic mass is 10.1. The molecule has 2 atom stereocenters. The van der Waals surface area contributed by atoms with Gasteiger partial charge in [-0.1, -0.05) is 13.0 Å². The number of carboxylic acids is 1. The van der Waals surface area contributed by atoms with Crippen LogP contribution in [0.1, 0.15) is 36.5 Å². The normalized spacial score (nSPS) is 21.2. The molecular weight excluding hydrogens is 292 g/mol. The van der Waals surface area contributed by atoms with Crippen molar-refractivity contribution in [1.29, 1.82) is 0 Å². The van der Waals surface area contributed by atoms with Crippen LogP contribution in [-0.2, 0) is 0 Å². The zero-order valence-corrected chi connectivity index (χ0v) is 12.6. The number of para-hydroxylation sites is 1. The second kappa shape index (κ2) is 6.80. The van der Waals surface area contributed by atoms with E-state index in [-0.39, 0.29) is 23.0 Å². The van der Waals surface area contributed by atoms with E-state index in [1.165, 1.54) is 18.2 Å². The summed E-state index contributed by atoms with van der Waals surface area (Å²) >= 11 is 1.88. The molecule has 1 aliphatic rings. The molecule has 2 N–H and O–H groups in total. The summed E-state index contributed by atoms with van der Waals surface area (Å²) in [5.41, 5.74) is -0.0977. The minimum Gasteiger partial charge on any atom is -0.478 e. The Hall–Kier alpha value is -1.76. The number of nitrogens with one attached hydrogen (secondary N) is 1. The Morgan fingerprint density at radius 2 is 2.29 bits per heavy atom. The van der Waals surface area contributed by atoms with E-state index in [9.17, 15) is 20.0 Å². The van der Waals surface area contributed by atoms with E-state index in [0.29, 0.717) is 5.25 Å². The molecule has 0 aliphatic heterocycles. The summed E-state index contributed by atoms with van der Waals surface area (Å²) in [6.45, 7) is 2.11. The van der Waals surface area contributed by atoms with Gasteiger partial charge in [-0.2, -0.15) is 11.8 Å². The highest BCUT2D eigenvalue weighted by atomic mass is 32.2. The molecule has 6 nitrogen and oxygen atoms in total. The summed E-state index contributed by atoms with van der Waals surface area (Å²) in [6, 6.07) is 4.22. The highest BCUT2D eigenvalue weighted by Gasteiger charge is 2.28. The molecule has 0 spiro atoms. The molecule has 21 heavy (non-hydrogen) atoms. The van der Waals surface area contributed by atoms with Crippen LogP contribution in [0.4, 0.5) is 11.4 Å². The van der Waals surface area contributed by atoms with Crippen molar-refractivity contribution in [3.63, 3.8) is 0 Å². The van der Waals surface area contributed by atoms with Crippen molar-refractivity contribution in [2.24, 2.45) is 0 Å². The van der Waals surface area contributed by atoms with Crippen molar-refractivity contribution in [2.45, 2.75) is 37.5 Å². The minimum absolute atomic E-state index is 0.0456. The predicted octanol–water partition coefficient (Wildman–Crippen LogP) is 3.38. The lowest BCUT2D eigenvalue weighted by Gasteiger charge is -2.16. The van der Waals surface area contributed by atoms with Crippen molar-refractivity contribution in [3.8, 4) is 0 Å². The molecule has 0 heterocycles. The van der Waals surface area contributed by atoms with Gasteiger partial charge < -0.3 is 10.4 Å². The first-order valence-electron chi connectivity index (χ1n) is 6.91. The summed E-state index contributed by atoms with van der Waals surface area (Å²) in [7, 11) is 0. The third kappa shape index (κ3) is 3.66. The van der Waals surface area contributed by atoms with Gasteiger partial charge in [0, 0.05) is 17.4 Å². The Labute approximate surface area is 127 Å². The third-order valence-corrected chi connectivity index (χ3v) is 4.84. The van der Waals surface area contributed by atoms with Gasteiger partial charge in [-0.25, -0.2) is 4.79 Å².